The van der Waals surface area contributed by atoms with Crippen LogP contribution in [0.1, 0.15) is 61.3 Å². The molecule has 2 atom stereocenters. The molecule has 0 aliphatic heterocycles. The molecule has 0 aliphatic carbocycles. The third-order valence-corrected chi connectivity index (χ3v) is 6.51. The maximum atomic E-state index is 12.2. The molecule has 0 heterocycles. The minimum atomic E-state index is -3.01. The highest BCUT2D eigenvalue weighted by atomic mass is 32.2. The van der Waals surface area contributed by atoms with Gasteiger partial charge in [0.15, 0.2) is 9.84 Å². The molecular weight excluding hydrogens is 258 g/mol. The second-order valence-electron chi connectivity index (χ2n) is 6.87. The molecule has 0 aromatic rings. The summed E-state index contributed by atoms with van der Waals surface area (Å²) >= 11 is 0. The fourth-order valence-electron chi connectivity index (χ4n) is 2.28. The van der Waals surface area contributed by atoms with Crippen molar-refractivity contribution in [1.82, 2.24) is 5.32 Å². The van der Waals surface area contributed by atoms with Crippen molar-refractivity contribution in [2.45, 2.75) is 72.1 Å². The van der Waals surface area contributed by atoms with E-state index in [4.69, 9.17) is 0 Å². The molecule has 0 aliphatic rings. The van der Waals surface area contributed by atoms with Gasteiger partial charge in [0.1, 0.15) is 0 Å². The molecule has 3 nitrogen and oxygen atoms in total. The van der Waals surface area contributed by atoms with Gasteiger partial charge in [-0.25, -0.2) is 8.42 Å². The Morgan fingerprint density at radius 3 is 2.00 bits per heavy atom. The first-order valence-electron chi connectivity index (χ1n) is 7.48. The Bertz CT molecular complexity index is 342. The Labute approximate surface area is 120 Å². The van der Waals surface area contributed by atoms with Gasteiger partial charge in [-0.2, -0.15) is 0 Å². The average molecular weight is 292 g/mol. The maximum Gasteiger partial charge on any atom is 0.155 e. The summed E-state index contributed by atoms with van der Waals surface area (Å²) in [6.45, 7) is 15.0. The molecule has 0 spiro atoms. The van der Waals surface area contributed by atoms with Crippen LogP contribution in [-0.2, 0) is 9.84 Å². The number of hydrogen-bond donors (Lipinski definition) is 1. The van der Waals surface area contributed by atoms with Crippen molar-refractivity contribution >= 4 is 9.84 Å². The second-order valence-corrected chi connectivity index (χ2v) is 9.73. The van der Waals surface area contributed by atoms with Crippen LogP contribution >= 0.6 is 0 Å². The van der Waals surface area contributed by atoms with Crippen molar-refractivity contribution in [3.05, 3.63) is 0 Å². The lowest BCUT2D eigenvalue weighted by Gasteiger charge is -2.29. The third kappa shape index (κ3) is 6.26. The van der Waals surface area contributed by atoms with Gasteiger partial charge in [0.05, 0.1) is 10.5 Å². The molecule has 19 heavy (non-hydrogen) atoms. The fourth-order valence-corrected chi connectivity index (χ4v) is 3.48. The Morgan fingerprint density at radius 2 is 1.63 bits per heavy atom. The van der Waals surface area contributed by atoms with Gasteiger partial charge in [0.25, 0.3) is 0 Å². The molecule has 0 bridgehead atoms. The van der Waals surface area contributed by atoms with Crippen LogP contribution in [0.25, 0.3) is 0 Å². The summed E-state index contributed by atoms with van der Waals surface area (Å²) in [4.78, 5) is 0. The Hall–Kier alpha value is -0.0900. The van der Waals surface area contributed by atoms with E-state index in [9.17, 15) is 8.42 Å². The van der Waals surface area contributed by atoms with E-state index in [1.807, 2.05) is 0 Å². The lowest BCUT2D eigenvalue weighted by atomic mass is 9.87. The zero-order valence-electron chi connectivity index (χ0n) is 13.8. The average Bonchev–Trinajstić information content (AvgIpc) is 2.24. The first-order valence-corrected chi connectivity index (χ1v) is 9.13. The van der Waals surface area contributed by atoms with Gasteiger partial charge in [-0.15, -0.1) is 0 Å². The van der Waals surface area contributed by atoms with E-state index in [1.165, 1.54) is 0 Å². The van der Waals surface area contributed by atoms with Gasteiger partial charge >= 0.3 is 0 Å². The lowest BCUT2D eigenvalue weighted by Crippen LogP contribution is -2.39. The molecule has 1 N–H and O–H groups in total. The molecule has 0 saturated heterocycles. The monoisotopic (exact) mass is 291 g/mol. The maximum absolute atomic E-state index is 12.2. The van der Waals surface area contributed by atoms with E-state index in [0.29, 0.717) is 17.9 Å². The van der Waals surface area contributed by atoms with Crippen LogP contribution in [0.15, 0.2) is 0 Å². The van der Waals surface area contributed by atoms with E-state index < -0.39 is 14.6 Å². The van der Waals surface area contributed by atoms with Gasteiger partial charge in [-0.1, -0.05) is 20.8 Å². The Balaban J connectivity index is 4.62. The number of rotatable bonds is 8. The first kappa shape index (κ1) is 18.9. The second kappa shape index (κ2) is 7.63. The topological polar surface area (TPSA) is 46.2 Å². The van der Waals surface area contributed by atoms with Crippen molar-refractivity contribution in [1.29, 1.82) is 0 Å². The lowest BCUT2D eigenvalue weighted by molar-refractivity contribution is 0.283. The largest absolute Gasteiger partial charge is 0.314 e. The van der Waals surface area contributed by atoms with E-state index in [-0.39, 0.29) is 5.75 Å². The molecule has 0 saturated carbocycles. The minimum Gasteiger partial charge on any atom is -0.314 e. The van der Waals surface area contributed by atoms with Crippen LogP contribution in [0.2, 0.25) is 0 Å². The van der Waals surface area contributed by atoms with E-state index in [1.54, 1.807) is 20.8 Å². The summed E-state index contributed by atoms with van der Waals surface area (Å²) in [7, 11) is -3.01. The molecule has 2 unspecified atom stereocenters. The zero-order valence-corrected chi connectivity index (χ0v) is 14.6. The Kier molecular flexibility index (Phi) is 7.59. The molecule has 0 aromatic heterocycles. The minimum absolute atomic E-state index is 0.289. The SMILES string of the molecule is CCCNC(C)C(CCS(=O)(=O)C(C)(C)C)C(C)C. The van der Waals surface area contributed by atoms with Crippen LogP contribution in [0, 0.1) is 11.8 Å². The Morgan fingerprint density at radius 1 is 1.11 bits per heavy atom. The summed E-state index contributed by atoms with van der Waals surface area (Å²) in [6.07, 6.45) is 1.85. The van der Waals surface area contributed by atoms with Crippen molar-refractivity contribution in [3.63, 3.8) is 0 Å². The van der Waals surface area contributed by atoms with Crippen LogP contribution in [0.3, 0.4) is 0 Å². The summed E-state index contributed by atoms with van der Waals surface area (Å²) in [5, 5.41) is 3.49. The number of nitrogens with one attached hydrogen (secondary N) is 1. The molecule has 0 fully saturated rings. The van der Waals surface area contributed by atoms with Gasteiger partial charge in [-0.05, 0) is 58.9 Å². The van der Waals surface area contributed by atoms with Crippen molar-refractivity contribution in [2.75, 3.05) is 12.3 Å². The van der Waals surface area contributed by atoms with Crippen molar-refractivity contribution in [3.8, 4) is 0 Å². The van der Waals surface area contributed by atoms with Gasteiger partial charge in [0.2, 0.25) is 0 Å². The molecule has 4 heteroatoms. The van der Waals surface area contributed by atoms with Crippen LogP contribution < -0.4 is 5.32 Å². The smallest absolute Gasteiger partial charge is 0.155 e. The summed E-state index contributed by atoms with van der Waals surface area (Å²) in [5.41, 5.74) is 0. The summed E-state index contributed by atoms with van der Waals surface area (Å²) in [5.74, 6) is 1.19. The molecule has 0 radical (unpaired) electrons. The van der Waals surface area contributed by atoms with Crippen LogP contribution in [-0.4, -0.2) is 31.5 Å². The predicted octanol–water partition coefficient (Wildman–Crippen LogP) is 3.25. The molecule has 0 rings (SSSR count). The van der Waals surface area contributed by atoms with Crippen molar-refractivity contribution in [2.24, 2.45) is 11.8 Å². The molecular formula is C15H33NO2S. The van der Waals surface area contributed by atoms with Gasteiger partial charge in [0, 0.05) is 6.04 Å². The highest BCUT2D eigenvalue weighted by Gasteiger charge is 2.31. The zero-order chi connectivity index (χ0) is 15.3. The summed E-state index contributed by atoms with van der Waals surface area (Å²) in [6, 6.07) is 0.370. The van der Waals surface area contributed by atoms with Crippen molar-refractivity contribution < 1.29 is 8.42 Å². The quantitative estimate of drug-likeness (QED) is 0.746. The number of sulfone groups is 1. The predicted molar refractivity (Wildman–Crippen MR) is 84.2 cm³/mol. The van der Waals surface area contributed by atoms with Crippen LogP contribution in [0.4, 0.5) is 0 Å². The molecule has 116 valence electrons. The third-order valence-electron chi connectivity index (χ3n) is 3.87. The molecule has 0 amide bonds. The van der Waals surface area contributed by atoms with Gasteiger partial charge < -0.3 is 5.32 Å². The highest BCUT2D eigenvalue weighted by Crippen LogP contribution is 2.24. The standard InChI is InChI=1S/C15H33NO2S/c1-8-10-16-13(4)14(12(2)3)9-11-19(17,18)15(5,6)7/h12-14,16H,8-11H2,1-7H3. The highest BCUT2D eigenvalue weighted by molar-refractivity contribution is 7.92. The molecule has 0 aromatic carbocycles. The first-order chi connectivity index (χ1) is 8.53. The van der Waals surface area contributed by atoms with Crippen LogP contribution in [0.5, 0.6) is 0 Å². The number of hydrogen-bond acceptors (Lipinski definition) is 3. The fraction of sp³-hybridized carbons (Fsp3) is 1.00. The van der Waals surface area contributed by atoms with E-state index >= 15 is 0 Å². The summed E-state index contributed by atoms with van der Waals surface area (Å²) < 4.78 is 23.7. The van der Waals surface area contributed by atoms with Gasteiger partial charge in [-0.3, -0.25) is 0 Å². The normalized spacial score (nSPS) is 16.6. The van der Waals surface area contributed by atoms with E-state index in [2.05, 4.69) is 33.0 Å². The van der Waals surface area contributed by atoms with E-state index in [0.717, 1.165) is 19.4 Å².